The lowest BCUT2D eigenvalue weighted by atomic mass is 9.86. The number of nitrogens with zero attached hydrogens (tertiary/aromatic N) is 3. The maximum Gasteiger partial charge on any atom is 0.326 e. The van der Waals surface area contributed by atoms with Crippen LogP contribution in [0.15, 0.2) is 65.9 Å². The van der Waals surface area contributed by atoms with Crippen LogP contribution in [0.3, 0.4) is 0 Å². The van der Waals surface area contributed by atoms with E-state index in [1.54, 1.807) is 11.1 Å². The number of carbonyl (C=O) groups excluding carboxylic acids is 3. The number of amides is 4. The number of anilines is 1. The molecule has 1 aromatic heterocycles. The van der Waals surface area contributed by atoms with Crippen LogP contribution in [0, 0.1) is 12.8 Å². The molecular weight excluding hydrogens is 512 g/mol. The molecule has 4 atom stereocenters. The predicted octanol–water partition coefficient (Wildman–Crippen LogP) is 3.14. The van der Waals surface area contributed by atoms with Gasteiger partial charge in [0, 0.05) is 42.5 Å². The van der Waals surface area contributed by atoms with Crippen LogP contribution in [0.1, 0.15) is 24.8 Å². The molecule has 3 N–H and O–H groups in total. The molecule has 3 unspecified atom stereocenters. The number of urea groups is 1. The fraction of sp³-hybridized carbons (Fsp3) is 0.379. The summed E-state index contributed by atoms with van der Waals surface area (Å²) in [6.45, 7) is 7.47. The van der Waals surface area contributed by atoms with Crippen LogP contribution in [-0.2, 0) is 9.59 Å². The van der Waals surface area contributed by atoms with E-state index in [2.05, 4.69) is 27.5 Å². The molecule has 9 nitrogen and oxygen atoms in total. The van der Waals surface area contributed by atoms with Crippen LogP contribution < -0.4 is 20.9 Å². The average Bonchev–Trinajstić information content (AvgIpc) is 3.33. The van der Waals surface area contributed by atoms with Gasteiger partial charge in [-0.05, 0) is 50.4 Å². The van der Waals surface area contributed by atoms with Crippen molar-refractivity contribution in [3.63, 3.8) is 0 Å². The number of hydrogen-bond donors (Lipinski definition) is 3. The molecule has 2 aromatic rings. The minimum Gasteiger partial charge on any atom is -0.347 e. The molecule has 1 aromatic carbocycles. The SMILES string of the molecule is C=CC(=O)N1CCC[C@@H](NC(=O)C2=C3NC(=O)N(c4ccnc(-c5ccccc5)c4C)C4CCNC(S2)C34)C1. The van der Waals surface area contributed by atoms with Crippen molar-refractivity contribution >= 4 is 35.3 Å². The number of benzene rings is 1. The fourth-order valence-corrected chi connectivity index (χ4v) is 7.65. The second-order valence-electron chi connectivity index (χ2n) is 10.4. The van der Waals surface area contributed by atoms with E-state index in [9.17, 15) is 14.4 Å². The van der Waals surface area contributed by atoms with Gasteiger partial charge in [-0.15, -0.1) is 0 Å². The van der Waals surface area contributed by atoms with Gasteiger partial charge in [-0.3, -0.25) is 19.5 Å². The van der Waals surface area contributed by atoms with Gasteiger partial charge in [0.05, 0.1) is 27.7 Å². The van der Waals surface area contributed by atoms with Crippen LogP contribution in [0.25, 0.3) is 11.3 Å². The second kappa shape index (κ2) is 10.5. The molecule has 4 aliphatic rings. The zero-order valence-corrected chi connectivity index (χ0v) is 22.7. The summed E-state index contributed by atoms with van der Waals surface area (Å²) in [7, 11) is 0. The largest absolute Gasteiger partial charge is 0.347 e. The lowest BCUT2D eigenvalue weighted by Crippen LogP contribution is -2.62. The fourth-order valence-electron chi connectivity index (χ4n) is 6.25. The van der Waals surface area contributed by atoms with Crippen LogP contribution in [-0.4, -0.2) is 64.8 Å². The van der Waals surface area contributed by atoms with Crippen molar-refractivity contribution in [3.05, 3.63) is 71.4 Å². The third-order valence-electron chi connectivity index (χ3n) is 8.07. The Kier molecular flexibility index (Phi) is 6.90. The average molecular weight is 545 g/mol. The van der Waals surface area contributed by atoms with Crippen LogP contribution in [0.4, 0.5) is 10.5 Å². The molecule has 10 heteroatoms. The van der Waals surface area contributed by atoms with Crippen molar-refractivity contribution in [2.24, 2.45) is 5.92 Å². The highest BCUT2D eigenvalue weighted by molar-refractivity contribution is 8.04. The summed E-state index contributed by atoms with van der Waals surface area (Å²) in [6.07, 6.45) is 5.47. The molecule has 4 amide bonds. The van der Waals surface area contributed by atoms with E-state index in [0.29, 0.717) is 23.7 Å². The molecule has 0 saturated carbocycles. The summed E-state index contributed by atoms with van der Waals surface area (Å²) in [5, 5.41) is 9.76. The van der Waals surface area contributed by atoms with E-state index < -0.39 is 0 Å². The quantitative estimate of drug-likeness (QED) is 0.500. The number of hydrogen-bond acceptors (Lipinski definition) is 6. The summed E-state index contributed by atoms with van der Waals surface area (Å²) >= 11 is 1.49. The highest BCUT2D eigenvalue weighted by Gasteiger charge is 2.52. The van der Waals surface area contributed by atoms with Gasteiger partial charge < -0.3 is 20.9 Å². The first-order valence-corrected chi connectivity index (χ1v) is 14.3. The van der Waals surface area contributed by atoms with E-state index in [1.807, 2.05) is 48.2 Å². The van der Waals surface area contributed by atoms with Gasteiger partial charge >= 0.3 is 6.03 Å². The summed E-state index contributed by atoms with van der Waals surface area (Å²) in [5.41, 5.74) is 4.34. The highest BCUT2D eigenvalue weighted by Crippen LogP contribution is 2.48. The first-order valence-electron chi connectivity index (χ1n) is 13.4. The number of aromatic nitrogens is 1. The molecule has 6 rings (SSSR count). The Morgan fingerprint density at radius 3 is 2.82 bits per heavy atom. The van der Waals surface area contributed by atoms with Gasteiger partial charge in [-0.1, -0.05) is 48.7 Å². The summed E-state index contributed by atoms with van der Waals surface area (Å²) in [5.74, 6) is -0.353. The number of rotatable bonds is 5. The van der Waals surface area contributed by atoms with E-state index in [1.165, 1.54) is 17.8 Å². The van der Waals surface area contributed by atoms with Gasteiger partial charge in [-0.2, -0.15) is 0 Å². The van der Waals surface area contributed by atoms with E-state index in [-0.39, 0.29) is 41.2 Å². The van der Waals surface area contributed by atoms with Crippen molar-refractivity contribution in [1.29, 1.82) is 0 Å². The maximum absolute atomic E-state index is 13.7. The Hall–Kier alpha value is -3.63. The second-order valence-corrected chi connectivity index (χ2v) is 11.5. The zero-order valence-electron chi connectivity index (χ0n) is 21.9. The standard InChI is InChI=1S/C29H32N6O3S/c1-3-22(36)34-15-7-10-19(16-34)32-27(37)26-25-23-21(12-14-31-28(23)39-26)35(29(38)33-25)20-11-13-30-24(17(20)2)18-8-5-4-6-9-18/h3-6,8-9,11,13,19,21,23,28,31H,1,7,10,12,14-16H2,2H3,(H,32,37)(H,33,38)/t19-,21?,23?,28?/m1/s1. The third kappa shape index (κ3) is 4.61. The monoisotopic (exact) mass is 544 g/mol. The minimum atomic E-state index is -0.228. The Morgan fingerprint density at radius 2 is 2.03 bits per heavy atom. The molecular formula is C29H32N6O3S. The van der Waals surface area contributed by atoms with E-state index >= 15 is 0 Å². The molecule has 39 heavy (non-hydrogen) atoms. The lowest BCUT2D eigenvalue weighted by Gasteiger charge is -2.46. The molecule has 3 saturated heterocycles. The maximum atomic E-state index is 13.7. The number of piperidine rings is 2. The van der Waals surface area contributed by atoms with Crippen molar-refractivity contribution in [1.82, 2.24) is 25.8 Å². The van der Waals surface area contributed by atoms with Gasteiger partial charge in [0.25, 0.3) is 5.91 Å². The molecule has 0 spiro atoms. The van der Waals surface area contributed by atoms with Crippen LogP contribution >= 0.6 is 11.8 Å². The summed E-state index contributed by atoms with van der Waals surface area (Å²) < 4.78 is 0. The Morgan fingerprint density at radius 1 is 1.21 bits per heavy atom. The van der Waals surface area contributed by atoms with Gasteiger partial charge in [0.15, 0.2) is 0 Å². The molecule has 202 valence electrons. The predicted molar refractivity (Wildman–Crippen MR) is 152 cm³/mol. The van der Waals surface area contributed by atoms with Gasteiger partial charge in [0.1, 0.15) is 0 Å². The number of likely N-dealkylation sites (tertiary alicyclic amines) is 1. The molecule has 3 fully saturated rings. The van der Waals surface area contributed by atoms with E-state index in [4.69, 9.17) is 0 Å². The molecule has 5 heterocycles. The number of thioether (sulfide) groups is 1. The van der Waals surface area contributed by atoms with E-state index in [0.717, 1.165) is 48.3 Å². The van der Waals surface area contributed by atoms with Crippen molar-refractivity contribution in [3.8, 4) is 11.3 Å². The Labute approximate surface area is 232 Å². The van der Waals surface area contributed by atoms with Crippen molar-refractivity contribution in [2.75, 3.05) is 24.5 Å². The van der Waals surface area contributed by atoms with Crippen LogP contribution in [0.5, 0.6) is 0 Å². The highest BCUT2D eigenvalue weighted by atomic mass is 32.2. The Bertz CT molecular complexity index is 1360. The molecule has 0 bridgehead atoms. The number of carbonyl (C=O) groups is 3. The lowest BCUT2D eigenvalue weighted by molar-refractivity contribution is -0.128. The normalized spacial score (nSPS) is 26.1. The van der Waals surface area contributed by atoms with Gasteiger partial charge in [0.2, 0.25) is 5.91 Å². The summed E-state index contributed by atoms with van der Waals surface area (Å²) in [6, 6.07) is 11.4. The molecule has 4 aliphatic heterocycles. The topological polar surface area (TPSA) is 107 Å². The molecule has 0 radical (unpaired) electrons. The molecule has 0 aliphatic carbocycles. The number of nitrogens with one attached hydrogen (secondary N) is 3. The zero-order chi connectivity index (χ0) is 27.1. The first kappa shape index (κ1) is 25.6. The Balaban J connectivity index is 1.27. The first-order chi connectivity index (χ1) is 19.0. The van der Waals surface area contributed by atoms with Gasteiger partial charge in [-0.25, -0.2) is 4.79 Å². The van der Waals surface area contributed by atoms with Crippen LogP contribution in [0.2, 0.25) is 0 Å². The third-order valence-corrected chi connectivity index (χ3v) is 9.43. The summed E-state index contributed by atoms with van der Waals surface area (Å²) in [4.78, 5) is 48.1. The van der Waals surface area contributed by atoms with Crippen molar-refractivity contribution in [2.45, 2.75) is 43.6 Å². The number of pyridine rings is 1. The minimum absolute atomic E-state index is 0.0106. The smallest absolute Gasteiger partial charge is 0.326 e. The van der Waals surface area contributed by atoms with Crippen molar-refractivity contribution < 1.29 is 14.4 Å².